The predicted molar refractivity (Wildman–Crippen MR) is 102 cm³/mol. The maximum absolute atomic E-state index is 9.85. The lowest BCUT2D eigenvalue weighted by molar-refractivity contribution is -0.109. The molecular formula is C21H26N2O3. The largest absolute Gasteiger partial charge is 0.508 e. The number of piperidine rings is 1. The van der Waals surface area contributed by atoms with Crippen LogP contribution in [0.3, 0.4) is 0 Å². The lowest BCUT2D eigenvalue weighted by Crippen LogP contribution is -2.49. The molecule has 2 aromatic rings. The fourth-order valence-electron chi connectivity index (χ4n) is 3.89. The molecule has 5 nitrogen and oxygen atoms in total. The Balaban J connectivity index is 1.76. The number of hydrogen-bond donors (Lipinski definition) is 1. The number of anilines is 1. The van der Waals surface area contributed by atoms with E-state index < -0.39 is 5.79 Å². The average molecular weight is 354 g/mol. The molecule has 26 heavy (non-hydrogen) atoms. The van der Waals surface area contributed by atoms with E-state index in [2.05, 4.69) is 21.9 Å². The summed E-state index contributed by atoms with van der Waals surface area (Å²) in [5.41, 5.74) is 2.08. The van der Waals surface area contributed by atoms with E-state index in [9.17, 15) is 5.11 Å². The normalized spacial score (nSPS) is 22.4. The van der Waals surface area contributed by atoms with Crippen molar-refractivity contribution in [3.63, 3.8) is 0 Å². The van der Waals surface area contributed by atoms with Crippen LogP contribution in [0.25, 0.3) is 0 Å². The highest BCUT2D eigenvalue weighted by Gasteiger charge is 2.46. The number of para-hydroxylation sites is 1. The van der Waals surface area contributed by atoms with Crippen LogP contribution < -0.4 is 14.4 Å². The van der Waals surface area contributed by atoms with Crippen molar-refractivity contribution in [1.82, 2.24) is 4.90 Å². The standard InChI is InChI=1S/C21H26N2O3/c1-22(2)18-9-5-4-8-17(18)21(15-23-12-6-3-7-13-23)25-19-11-10-16(24)14-20(19)26-21/h4-5,8-11,14,24H,3,6-7,12-13,15H2,1-2H3. The number of fused-ring (bicyclic) bond motifs is 1. The van der Waals surface area contributed by atoms with Crippen LogP contribution in [0, 0.1) is 0 Å². The molecule has 138 valence electrons. The van der Waals surface area contributed by atoms with Crippen molar-refractivity contribution in [2.75, 3.05) is 38.6 Å². The molecular weight excluding hydrogens is 328 g/mol. The van der Waals surface area contributed by atoms with E-state index in [4.69, 9.17) is 9.47 Å². The lowest BCUT2D eigenvalue weighted by Gasteiger charge is -2.37. The second-order valence-electron chi connectivity index (χ2n) is 7.34. The van der Waals surface area contributed by atoms with Gasteiger partial charge in [0.25, 0.3) is 5.79 Å². The van der Waals surface area contributed by atoms with E-state index >= 15 is 0 Å². The molecule has 1 atom stereocenters. The van der Waals surface area contributed by atoms with Crippen molar-refractivity contribution in [1.29, 1.82) is 0 Å². The summed E-state index contributed by atoms with van der Waals surface area (Å²) >= 11 is 0. The van der Waals surface area contributed by atoms with E-state index in [0.29, 0.717) is 18.0 Å². The maximum atomic E-state index is 9.85. The summed E-state index contributed by atoms with van der Waals surface area (Å²) in [4.78, 5) is 4.50. The number of hydrogen-bond acceptors (Lipinski definition) is 5. The fourth-order valence-corrected chi connectivity index (χ4v) is 3.89. The molecule has 1 unspecified atom stereocenters. The summed E-state index contributed by atoms with van der Waals surface area (Å²) in [5.74, 6) is 0.542. The van der Waals surface area contributed by atoms with Crippen LogP contribution in [0.2, 0.25) is 0 Å². The first kappa shape index (κ1) is 17.0. The van der Waals surface area contributed by atoms with Crippen LogP contribution in [0.4, 0.5) is 5.69 Å². The summed E-state index contributed by atoms with van der Waals surface area (Å²) in [6.45, 7) is 2.77. The minimum atomic E-state index is -0.908. The molecule has 5 heteroatoms. The number of likely N-dealkylation sites (tertiary alicyclic amines) is 1. The van der Waals surface area contributed by atoms with Crippen LogP contribution in [0.5, 0.6) is 17.2 Å². The number of rotatable bonds is 4. The van der Waals surface area contributed by atoms with E-state index in [-0.39, 0.29) is 5.75 Å². The average Bonchev–Trinajstić information content (AvgIpc) is 3.00. The Kier molecular flexibility index (Phi) is 4.41. The van der Waals surface area contributed by atoms with Gasteiger partial charge in [0.15, 0.2) is 11.5 Å². The van der Waals surface area contributed by atoms with Crippen LogP contribution in [0.1, 0.15) is 24.8 Å². The van der Waals surface area contributed by atoms with Gasteiger partial charge in [-0.1, -0.05) is 18.6 Å². The molecule has 2 aromatic carbocycles. The second kappa shape index (κ2) is 6.72. The first-order valence-corrected chi connectivity index (χ1v) is 9.28. The minimum absolute atomic E-state index is 0.182. The number of phenols is 1. The first-order chi connectivity index (χ1) is 12.6. The van der Waals surface area contributed by atoms with Crippen LogP contribution in [-0.2, 0) is 5.79 Å². The molecule has 1 N–H and O–H groups in total. The van der Waals surface area contributed by atoms with Gasteiger partial charge in [0.2, 0.25) is 0 Å². The quantitative estimate of drug-likeness (QED) is 0.909. The Morgan fingerprint density at radius 3 is 2.50 bits per heavy atom. The molecule has 2 heterocycles. The highest BCUT2D eigenvalue weighted by molar-refractivity contribution is 5.57. The van der Waals surface area contributed by atoms with Crippen molar-refractivity contribution >= 4 is 5.69 Å². The highest BCUT2D eigenvalue weighted by Crippen LogP contribution is 2.48. The van der Waals surface area contributed by atoms with Crippen molar-refractivity contribution in [3.05, 3.63) is 48.0 Å². The zero-order valence-corrected chi connectivity index (χ0v) is 15.4. The monoisotopic (exact) mass is 354 g/mol. The summed E-state index contributed by atoms with van der Waals surface area (Å²) in [6.07, 6.45) is 3.70. The molecule has 2 aliphatic heterocycles. The molecule has 0 radical (unpaired) electrons. The number of ether oxygens (including phenoxy) is 2. The third-order valence-corrected chi connectivity index (χ3v) is 5.15. The van der Waals surface area contributed by atoms with Gasteiger partial charge in [0, 0.05) is 25.8 Å². The van der Waals surface area contributed by atoms with Gasteiger partial charge in [0.1, 0.15) is 5.75 Å². The van der Waals surface area contributed by atoms with Gasteiger partial charge in [-0.15, -0.1) is 0 Å². The Morgan fingerprint density at radius 1 is 1.00 bits per heavy atom. The van der Waals surface area contributed by atoms with E-state index in [1.165, 1.54) is 19.3 Å². The van der Waals surface area contributed by atoms with Gasteiger partial charge in [-0.2, -0.15) is 0 Å². The van der Waals surface area contributed by atoms with Gasteiger partial charge >= 0.3 is 0 Å². The summed E-state index contributed by atoms with van der Waals surface area (Å²) < 4.78 is 12.8. The lowest BCUT2D eigenvalue weighted by atomic mass is 10.0. The Labute approximate surface area is 154 Å². The molecule has 0 bridgehead atoms. The molecule has 4 rings (SSSR count). The van der Waals surface area contributed by atoms with Crippen molar-refractivity contribution in [3.8, 4) is 17.2 Å². The van der Waals surface area contributed by atoms with Gasteiger partial charge in [-0.3, -0.25) is 4.90 Å². The van der Waals surface area contributed by atoms with Crippen LogP contribution >= 0.6 is 0 Å². The third kappa shape index (κ3) is 3.07. The Morgan fingerprint density at radius 2 is 1.73 bits per heavy atom. The maximum Gasteiger partial charge on any atom is 0.293 e. The number of nitrogens with zero attached hydrogens (tertiary/aromatic N) is 2. The summed E-state index contributed by atoms with van der Waals surface area (Å²) in [7, 11) is 4.06. The smallest absolute Gasteiger partial charge is 0.293 e. The molecule has 1 fully saturated rings. The van der Waals surface area contributed by atoms with Crippen molar-refractivity contribution < 1.29 is 14.6 Å². The number of aromatic hydroxyl groups is 1. The summed E-state index contributed by atoms with van der Waals surface area (Å²) in [5, 5.41) is 9.85. The van der Waals surface area contributed by atoms with E-state index in [1.54, 1.807) is 18.2 Å². The van der Waals surface area contributed by atoms with Gasteiger partial charge in [-0.25, -0.2) is 0 Å². The molecule has 2 aliphatic rings. The van der Waals surface area contributed by atoms with Crippen molar-refractivity contribution in [2.45, 2.75) is 25.0 Å². The van der Waals surface area contributed by atoms with E-state index in [0.717, 1.165) is 24.3 Å². The molecule has 0 aliphatic carbocycles. The van der Waals surface area contributed by atoms with Crippen LogP contribution in [0.15, 0.2) is 42.5 Å². The van der Waals surface area contributed by atoms with Crippen LogP contribution in [-0.4, -0.2) is 43.7 Å². The number of benzene rings is 2. The zero-order chi connectivity index (χ0) is 18.1. The molecule has 0 aromatic heterocycles. The minimum Gasteiger partial charge on any atom is -0.508 e. The Hall–Kier alpha value is -2.40. The molecule has 0 saturated carbocycles. The fraction of sp³-hybridized carbons (Fsp3) is 0.429. The van der Waals surface area contributed by atoms with Gasteiger partial charge < -0.3 is 19.5 Å². The van der Waals surface area contributed by atoms with Gasteiger partial charge in [-0.05, 0) is 50.2 Å². The molecule has 0 amide bonds. The first-order valence-electron chi connectivity index (χ1n) is 9.28. The van der Waals surface area contributed by atoms with Gasteiger partial charge in [0.05, 0.1) is 12.1 Å². The second-order valence-corrected chi connectivity index (χ2v) is 7.34. The highest BCUT2D eigenvalue weighted by atomic mass is 16.7. The molecule has 1 saturated heterocycles. The SMILES string of the molecule is CN(C)c1ccccc1C1(CN2CCCCC2)Oc2ccc(O)cc2O1. The number of phenolic OH excluding ortho intramolecular Hbond substituents is 1. The zero-order valence-electron chi connectivity index (χ0n) is 15.4. The predicted octanol–water partition coefficient (Wildman–Crippen LogP) is 3.57. The van der Waals surface area contributed by atoms with Crippen molar-refractivity contribution in [2.24, 2.45) is 0 Å². The topological polar surface area (TPSA) is 45.2 Å². The van der Waals surface area contributed by atoms with E-state index in [1.807, 2.05) is 26.2 Å². The molecule has 0 spiro atoms. The Bertz CT molecular complexity index is 787. The summed E-state index contributed by atoms with van der Waals surface area (Å²) in [6, 6.07) is 13.3. The third-order valence-electron chi connectivity index (χ3n) is 5.15.